The maximum Gasteiger partial charge on any atom is 0.422 e. The van der Waals surface area contributed by atoms with Crippen LogP contribution in [0.4, 0.5) is 13.2 Å². The molecule has 3 aliphatic heterocycles. The number of benzene rings is 1. The molecular formula is C41H52F3N3O13. The molecule has 6 aliphatic rings. The van der Waals surface area contributed by atoms with Gasteiger partial charge >= 0.3 is 24.1 Å². The summed E-state index contributed by atoms with van der Waals surface area (Å²) in [5.41, 5.74) is -1.68. The van der Waals surface area contributed by atoms with Crippen LogP contribution in [-0.4, -0.2) is 124 Å². The lowest BCUT2D eigenvalue weighted by Gasteiger charge is -2.49. The molecule has 3 saturated carbocycles. The van der Waals surface area contributed by atoms with Crippen molar-refractivity contribution in [2.24, 2.45) is 17.3 Å². The van der Waals surface area contributed by atoms with Crippen LogP contribution in [0.15, 0.2) is 30.3 Å². The zero-order chi connectivity index (χ0) is 43.4. The van der Waals surface area contributed by atoms with Crippen molar-refractivity contribution in [1.29, 1.82) is 0 Å². The van der Waals surface area contributed by atoms with Crippen LogP contribution in [0.5, 0.6) is 0 Å². The fourth-order valence-electron chi connectivity index (χ4n) is 8.90. The van der Waals surface area contributed by atoms with E-state index in [1.807, 2.05) is 0 Å². The van der Waals surface area contributed by atoms with E-state index < -0.39 is 115 Å². The minimum absolute atomic E-state index is 0.00239. The number of ether oxygens (including phenoxy) is 5. The largest absolute Gasteiger partial charge is 0.460 e. The predicted molar refractivity (Wildman–Crippen MR) is 199 cm³/mol. The lowest BCUT2D eigenvalue weighted by atomic mass is 9.62. The van der Waals surface area contributed by atoms with E-state index in [9.17, 15) is 42.6 Å². The quantitative estimate of drug-likeness (QED) is 0.107. The summed E-state index contributed by atoms with van der Waals surface area (Å²) in [6.07, 6.45) is -4.61. The van der Waals surface area contributed by atoms with Crippen molar-refractivity contribution in [2.45, 2.75) is 145 Å². The number of hydrogen-bond acceptors (Lipinski definition) is 14. The minimum Gasteiger partial charge on any atom is -0.460 e. The molecule has 1 aromatic rings. The predicted octanol–water partition coefficient (Wildman–Crippen LogP) is 2.37. The summed E-state index contributed by atoms with van der Waals surface area (Å²) in [4.78, 5) is 74.1. The van der Waals surface area contributed by atoms with E-state index in [-0.39, 0.29) is 37.6 Å². The average molecular weight is 852 g/mol. The second kappa shape index (κ2) is 16.6. The molecule has 16 nitrogen and oxygen atoms in total. The van der Waals surface area contributed by atoms with E-state index >= 15 is 4.79 Å². The summed E-state index contributed by atoms with van der Waals surface area (Å²) < 4.78 is 67.2. The summed E-state index contributed by atoms with van der Waals surface area (Å²) >= 11 is 0. The van der Waals surface area contributed by atoms with Crippen LogP contribution in [0.3, 0.4) is 0 Å². The van der Waals surface area contributed by atoms with Crippen LogP contribution in [0.1, 0.15) is 83.8 Å². The van der Waals surface area contributed by atoms with Crippen molar-refractivity contribution in [3.63, 3.8) is 0 Å². The van der Waals surface area contributed by atoms with Crippen molar-refractivity contribution in [3.05, 3.63) is 41.5 Å². The summed E-state index contributed by atoms with van der Waals surface area (Å²) in [5, 5.41) is 27.5. The molecule has 9 unspecified atom stereocenters. The molecule has 2 bridgehead atoms. The van der Waals surface area contributed by atoms with Gasteiger partial charge in [-0.05, 0) is 77.0 Å². The number of aliphatic hydroxyl groups is 2. The Hall–Kier alpha value is -4.14. The molecule has 19 heteroatoms. The molecular weight excluding hydrogens is 799 g/mol. The zero-order valence-electron chi connectivity index (χ0n) is 33.8. The Balaban J connectivity index is 1.16. The van der Waals surface area contributed by atoms with Crippen LogP contribution in [0.25, 0.3) is 6.08 Å². The topological polar surface area (TPSA) is 208 Å². The zero-order valence-corrected chi connectivity index (χ0v) is 33.8. The number of nitrogens with zero attached hydrogens (tertiary/aromatic N) is 1. The van der Waals surface area contributed by atoms with Crippen LogP contribution >= 0.6 is 0 Å². The number of nitrogens with one attached hydrogen (secondary N) is 2. The first kappa shape index (κ1) is 43.9. The van der Waals surface area contributed by atoms with Gasteiger partial charge in [0, 0.05) is 30.8 Å². The Morgan fingerprint density at radius 2 is 1.70 bits per heavy atom. The molecule has 0 spiro atoms. The van der Waals surface area contributed by atoms with Gasteiger partial charge in [0.1, 0.15) is 41.5 Å². The Morgan fingerprint density at radius 1 is 1.03 bits per heavy atom. The fraction of sp³-hybridized carbons (Fsp3) is 0.683. The van der Waals surface area contributed by atoms with Gasteiger partial charge in [0.2, 0.25) is 11.8 Å². The first-order chi connectivity index (χ1) is 28.2. The van der Waals surface area contributed by atoms with Crippen LogP contribution < -0.4 is 10.6 Å². The number of halogens is 3. The molecule has 4 N–H and O–H groups in total. The summed E-state index contributed by atoms with van der Waals surface area (Å²) in [6.45, 7) is 3.90. The molecule has 0 aromatic heterocycles. The summed E-state index contributed by atoms with van der Waals surface area (Å²) in [6, 6.07) is 2.57. The van der Waals surface area contributed by atoms with Crippen LogP contribution in [-0.2, 0) is 59.0 Å². The monoisotopic (exact) mass is 851 g/mol. The third kappa shape index (κ3) is 9.06. The number of carbonyl (C=O) groups excluding carboxylic acids is 5. The number of hydroxylamine groups is 2. The number of rotatable bonds is 16. The highest BCUT2D eigenvalue weighted by atomic mass is 19.4. The molecule has 0 radical (unpaired) electrons. The average Bonchev–Trinajstić information content (AvgIpc) is 4.12. The second-order valence-electron chi connectivity index (χ2n) is 17.6. The Bertz CT molecular complexity index is 1850. The number of fused-ring (bicyclic) bond motifs is 4. The maximum absolute atomic E-state index is 15.0. The van der Waals surface area contributed by atoms with Crippen LogP contribution in [0.2, 0.25) is 0 Å². The molecule has 3 aliphatic carbocycles. The first-order valence-corrected chi connectivity index (χ1v) is 20.4. The minimum atomic E-state index is -4.71. The van der Waals surface area contributed by atoms with Gasteiger partial charge in [0.25, 0.3) is 0 Å². The Morgan fingerprint density at radius 3 is 2.32 bits per heavy atom. The number of alkyl halides is 3. The van der Waals surface area contributed by atoms with E-state index in [4.69, 9.17) is 23.8 Å². The van der Waals surface area contributed by atoms with E-state index in [2.05, 4.69) is 15.4 Å². The van der Waals surface area contributed by atoms with Gasteiger partial charge in [0.15, 0.2) is 18.4 Å². The SMILES string of the molecule is CC(O)C(NC(=O)C12CC3OC(=O)C1N(Cc1ccccc1C=CC(=O)OCC(F)(F)F)OC2C1OC(C2CC2)(C2CC2)OC31)C(=O)NC(CO)CCC(=O)OC(C)(C)C. The highest BCUT2D eigenvalue weighted by molar-refractivity contribution is 5.96. The van der Waals surface area contributed by atoms with Crippen molar-refractivity contribution in [3.8, 4) is 0 Å². The van der Waals surface area contributed by atoms with Crippen molar-refractivity contribution in [2.75, 3.05) is 13.2 Å². The highest BCUT2D eigenvalue weighted by Crippen LogP contribution is 2.64. The number of aliphatic hydroxyl groups excluding tert-OH is 2. The first-order valence-electron chi connectivity index (χ1n) is 20.4. The van der Waals surface area contributed by atoms with E-state index in [1.54, 1.807) is 45.0 Å². The van der Waals surface area contributed by atoms with Gasteiger partial charge in [-0.2, -0.15) is 18.2 Å². The third-order valence-electron chi connectivity index (χ3n) is 11.8. The molecule has 7 rings (SSSR count). The summed E-state index contributed by atoms with van der Waals surface area (Å²) in [7, 11) is 0. The Kier molecular flexibility index (Phi) is 12.2. The van der Waals surface area contributed by atoms with Gasteiger partial charge in [-0.25, -0.2) is 4.79 Å². The van der Waals surface area contributed by atoms with E-state index in [0.29, 0.717) is 11.1 Å². The Labute approximate surface area is 344 Å². The molecule has 1 aromatic carbocycles. The van der Waals surface area contributed by atoms with E-state index in [0.717, 1.165) is 31.8 Å². The molecule has 330 valence electrons. The number of amides is 2. The van der Waals surface area contributed by atoms with Crippen molar-refractivity contribution in [1.82, 2.24) is 15.7 Å². The van der Waals surface area contributed by atoms with Crippen molar-refractivity contribution < 1.29 is 75.9 Å². The molecule has 6 fully saturated rings. The lowest BCUT2D eigenvalue weighted by molar-refractivity contribution is -0.235. The molecule has 2 amide bonds. The second-order valence-corrected chi connectivity index (χ2v) is 17.6. The van der Waals surface area contributed by atoms with Gasteiger partial charge in [0.05, 0.1) is 25.3 Å². The third-order valence-corrected chi connectivity index (χ3v) is 11.8. The molecule has 3 heterocycles. The normalized spacial score (nSPS) is 29.9. The highest BCUT2D eigenvalue weighted by Gasteiger charge is 2.78. The number of carbonyl (C=O) groups is 5. The summed E-state index contributed by atoms with van der Waals surface area (Å²) in [5.74, 6) is -5.01. The molecule has 60 heavy (non-hydrogen) atoms. The number of hydrogen-bond donors (Lipinski definition) is 4. The van der Waals surface area contributed by atoms with Gasteiger partial charge in [-0.15, -0.1) is 0 Å². The van der Waals surface area contributed by atoms with Crippen LogP contribution in [0, 0.1) is 17.3 Å². The molecule has 3 saturated heterocycles. The van der Waals surface area contributed by atoms with Gasteiger partial charge < -0.3 is 44.5 Å². The van der Waals surface area contributed by atoms with Gasteiger partial charge in [-0.3, -0.25) is 24.0 Å². The smallest absolute Gasteiger partial charge is 0.422 e. The van der Waals surface area contributed by atoms with Gasteiger partial charge in [-0.1, -0.05) is 24.3 Å². The standard InChI is InChI=1S/C41H52F3N3O13/c1-21(49)30(35(52)45-26(19-48)14-16-29(51)57-38(2,3)4)46-37(54)39-17-27-31-32(59-41(58-31,24-10-11-24)25-12-13-25)34(39)60-47(33(39)36(53)56-27)18-23-8-6-5-7-22(23)9-15-28(50)55-20-40(42,43)44/h5-9,15,21,24-27,30-34,48-49H,10-14,16-20H2,1-4H3,(H,45,52)(H,46,54). The molecule has 9 atom stereocenters. The van der Waals surface area contributed by atoms with E-state index in [1.165, 1.54) is 18.1 Å². The number of esters is 3. The lowest BCUT2D eigenvalue weighted by Crippen LogP contribution is -2.71. The maximum atomic E-state index is 15.0. The van der Waals surface area contributed by atoms with Crippen molar-refractivity contribution >= 4 is 35.8 Å². The fourth-order valence-corrected chi connectivity index (χ4v) is 8.90.